The fraction of sp³-hybridized carbons (Fsp3) is 0.368. The fourth-order valence-electron chi connectivity index (χ4n) is 2.24. The molecule has 136 valence electrons. The number of anilines is 2. The first-order chi connectivity index (χ1) is 11.5. The maximum atomic E-state index is 12.5. The van der Waals surface area contributed by atoms with Gasteiger partial charge in [-0.3, -0.25) is 4.72 Å². The molecule has 0 aliphatic heterocycles. The Labute approximate surface area is 150 Å². The molecule has 0 spiro atoms. The monoisotopic (exact) mass is 362 g/mol. The Morgan fingerprint density at radius 1 is 0.880 bits per heavy atom. The summed E-state index contributed by atoms with van der Waals surface area (Å²) in [5, 5.41) is 3.33. The average molecular weight is 362 g/mol. The second kappa shape index (κ2) is 7.35. The molecule has 0 heterocycles. The standard InChI is InChI=1S/C19H26N2O3S/c1-14(2)24-17-10-12-18(13-11-17)25(22,23)21-16-8-6-15(7-9-16)20-19(3,4)5/h6-14,20-21H,1-5H3. The minimum Gasteiger partial charge on any atom is -0.491 e. The summed E-state index contributed by atoms with van der Waals surface area (Å²) in [5.74, 6) is 0.645. The molecule has 2 aromatic carbocycles. The van der Waals surface area contributed by atoms with Crippen LogP contribution in [0, 0.1) is 0 Å². The van der Waals surface area contributed by atoms with Crippen molar-refractivity contribution in [2.24, 2.45) is 0 Å². The molecule has 0 saturated heterocycles. The molecule has 2 aromatic rings. The van der Waals surface area contributed by atoms with Gasteiger partial charge in [0.15, 0.2) is 0 Å². The van der Waals surface area contributed by atoms with Crippen LogP contribution < -0.4 is 14.8 Å². The van der Waals surface area contributed by atoms with E-state index in [-0.39, 0.29) is 16.5 Å². The SMILES string of the molecule is CC(C)Oc1ccc(S(=O)(=O)Nc2ccc(NC(C)(C)C)cc2)cc1. The smallest absolute Gasteiger partial charge is 0.261 e. The average Bonchev–Trinajstić information content (AvgIpc) is 2.47. The second-order valence-corrected chi connectivity index (χ2v) is 8.88. The van der Waals surface area contributed by atoms with Crippen LogP contribution in [0.1, 0.15) is 34.6 Å². The lowest BCUT2D eigenvalue weighted by Crippen LogP contribution is -2.25. The Bertz CT molecular complexity index is 790. The molecule has 0 atom stereocenters. The molecule has 25 heavy (non-hydrogen) atoms. The first-order valence-corrected chi connectivity index (χ1v) is 9.71. The highest BCUT2D eigenvalue weighted by molar-refractivity contribution is 7.92. The van der Waals surface area contributed by atoms with E-state index in [1.54, 1.807) is 24.3 Å². The van der Waals surface area contributed by atoms with Gasteiger partial charge in [-0.15, -0.1) is 0 Å². The first kappa shape index (κ1) is 19.1. The molecule has 0 unspecified atom stereocenters. The molecule has 2 rings (SSSR count). The lowest BCUT2D eigenvalue weighted by atomic mass is 10.1. The molecule has 0 radical (unpaired) electrons. The highest BCUT2D eigenvalue weighted by Gasteiger charge is 2.15. The molecule has 0 saturated carbocycles. The van der Waals surface area contributed by atoms with Crippen LogP contribution >= 0.6 is 0 Å². The molecule has 0 aliphatic rings. The lowest BCUT2D eigenvalue weighted by Gasteiger charge is -2.22. The summed E-state index contributed by atoms with van der Waals surface area (Å²) in [6.07, 6.45) is 0.0424. The van der Waals surface area contributed by atoms with Gasteiger partial charge in [-0.25, -0.2) is 8.42 Å². The molecule has 0 fully saturated rings. The van der Waals surface area contributed by atoms with E-state index in [2.05, 4.69) is 30.8 Å². The molecule has 0 aliphatic carbocycles. The summed E-state index contributed by atoms with van der Waals surface area (Å²) >= 11 is 0. The molecular weight excluding hydrogens is 336 g/mol. The van der Waals surface area contributed by atoms with Crippen LogP contribution in [0.4, 0.5) is 11.4 Å². The highest BCUT2D eigenvalue weighted by Crippen LogP contribution is 2.22. The number of rotatable bonds is 6. The van der Waals surface area contributed by atoms with E-state index in [1.165, 1.54) is 12.1 Å². The van der Waals surface area contributed by atoms with Gasteiger partial charge >= 0.3 is 0 Å². The van der Waals surface area contributed by atoms with E-state index in [0.717, 1.165) is 5.69 Å². The van der Waals surface area contributed by atoms with Crippen molar-refractivity contribution in [2.45, 2.75) is 51.2 Å². The Balaban J connectivity index is 2.10. The van der Waals surface area contributed by atoms with Crippen molar-refractivity contribution in [3.8, 4) is 5.75 Å². The van der Waals surface area contributed by atoms with E-state index in [9.17, 15) is 8.42 Å². The summed E-state index contributed by atoms with van der Waals surface area (Å²) in [5.41, 5.74) is 1.40. The van der Waals surface area contributed by atoms with Crippen LogP contribution in [0.15, 0.2) is 53.4 Å². The van der Waals surface area contributed by atoms with Crippen molar-refractivity contribution >= 4 is 21.4 Å². The van der Waals surface area contributed by atoms with Crippen molar-refractivity contribution in [1.82, 2.24) is 0 Å². The number of sulfonamides is 1. The van der Waals surface area contributed by atoms with Gasteiger partial charge in [-0.05, 0) is 83.1 Å². The van der Waals surface area contributed by atoms with Crippen LogP contribution in [-0.4, -0.2) is 20.1 Å². The molecule has 0 bridgehead atoms. The predicted molar refractivity (Wildman–Crippen MR) is 103 cm³/mol. The topological polar surface area (TPSA) is 67.4 Å². The molecular formula is C19H26N2O3S. The summed E-state index contributed by atoms with van der Waals surface area (Å²) < 4.78 is 33.1. The summed E-state index contributed by atoms with van der Waals surface area (Å²) in [7, 11) is -3.63. The molecule has 0 aromatic heterocycles. The zero-order valence-electron chi connectivity index (χ0n) is 15.3. The first-order valence-electron chi connectivity index (χ1n) is 8.23. The molecule has 6 heteroatoms. The summed E-state index contributed by atoms with van der Waals surface area (Å²) in [6, 6.07) is 13.6. The normalized spacial score (nSPS) is 12.1. The Morgan fingerprint density at radius 2 is 1.40 bits per heavy atom. The van der Waals surface area contributed by atoms with Crippen LogP contribution in [0.3, 0.4) is 0 Å². The predicted octanol–water partition coefficient (Wildman–Crippen LogP) is 4.49. The number of hydrogen-bond donors (Lipinski definition) is 2. The quantitative estimate of drug-likeness (QED) is 0.795. The number of hydrogen-bond acceptors (Lipinski definition) is 4. The molecule has 2 N–H and O–H groups in total. The maximum absolute atomic E-state index is 12.5. The Morgan fingerprint density at radius 3 is 1.88 bits per heavy atom. The van der Waals surface area contributed by atoms with E-state index in [0.29, 0.717) is 11.4 Å². The lowest BCUT2D eigenvalue weighted by molar-refractivity contribution is 0.242. The fourth-order valence-corrected chi connectivity index (χ4v) is 3.30. The van der Waals surface area contributed by atoms with Gasteiger partial charge in [0.25, 0.3) is 10.0 Å². The minimum atomic E-state index is -3.63. The van der Waals surface area contributed by atoms with Crippen LogP contribution in [0.2, 0.25) is 0 Å². The van der Waals surface area contributed by atoms with Crippen molar-refractivity contribution in [3.05, 3.63) is 48.5 Å². The van der Waals surface area contributed by atoms with E-state index in [4.69, 9.17) is 4.74 Å². The van der Waals surface area contributed by atoms with Gasteiger partial charge in [0.1, 0.15) is 5.75 Å². The maximum Gasteiger partial charge on any atom is 0.261 e. The number of nitrogens with one attached hydrogen (secondary N) is 2. The van der Waals surface area contributed by atoms with Gasteiger partial charge < -0.3 is 10.1 Å². The number of benzene rings is 2. The third-order valence-corrected chi connectivity index (χ3v) is 4.56. The van der Waals surface area contributed by atoms with Gasteiger partial charge in [0.2, 0.25) is 0 Å². The molecule has 5 nitrogen and oxygen atoms in total. The van der Waals surface area contributed by atoms with Crippen LogP contribution in [0.5, 0.6) is 5.75 Å². The van der Waals surface area contributed by atoms with Crippen LogP contribution in [-0.2, 0) is 10.0 Å². The van der Waals surface area contributed by atoms with Gasteiger partial charge in [-0.2, -0.15) is 0 Å². The Hall–Kier alpha value is -2.21. The zero-order valence-corrected chi connectivity index (χ0v) is 16.1. The summed E-state index contributed by atoms with van der Waals surface area (Å²) in [6.45, 7) is 10.0. The van der Waals surface area contributed by atoms with E-state index in [1.807, 2.05) is 26.0 Å². The van der Waals surface area contributed by atoms with Gasteiger partial charge in [-0.1, -0.05) is 0 Å². The van der Waals surface area contributed by atoms with Crippen molar-refractivity contribution in [3.63, 3.8) is 0 Å². The third kappa shape index (κ3) is 5.98. The molecule has 0 amide bonds. The summed E-state index contributed by atoms with van der Waals surface area (Å²) in [4.78, 5) is 0.195. The zero-order chi connectivity index (χ0) is 18.7. The van der Waals surface area contributed by atoms with Gasteiger partial charge in [0, 0.05) is 16.9 Å². The second-order valence-electron chi connectivity index (χ2n) is 7.20. The van der Waals surface area contributed by atoms with Crippen molar-refractivity contribution in [2.75, 3.05) is 10.0 Å². The third-order valence-electron chi connectivity index (χ3n) is 3.16. The van der Waals surface area contributed by atoms with Crippen molar-refractivity contribution < 1.29 is 13.2 Å². The van der Waals surface area contributed by atoms with Gasteiger partial charge in [0.05, 0.1) is 11.0 Å². The van der Waals surface area contributed by atoms with Crippen LogP contribution in [0.25, 0.3) is 0 Å². The van der Waals surface area contributed by atoms with Crippen molar-refractivity contribution in [1.29, 1.82) is 0 Å². The van der Waals surface area contributed by atoms with E-state index < -0.39 is 10.0 Å². The highest BCUT2D eigenvalue weighted by atomic mass is 32.2. The largest absolute Gasteiger partial charge is 0.491 e. The Kier molecular flexibility index (Phi) is 5.62. The minimum absolute atomic E-state index is 0.0424. The van der Waals surface area contributed by atoms with E-state index >= 15 is 0 Å². The number of ether oxygens (including phenoxy) is 1.